The van der Waals surface area contributed by atoms with Crippen LogP contribution in [0.5, 0.6) is 0 Å². The Labute approximate surface area is 164 Å². The molecule has 0 radical (unpaired) electrons. The molecule has 1 aromatic rings. The fourth-order valence-corrected chi connectivity index (χ4v) is 4.10. The monoisotopic (exact) mass is 377 g/mol. The number of nitrogens with zero attached hydrogens (tertiary/aromatic N) is 2. The minimum Gasteiger partial charge on any atom is -0.423 e. The van der Waals surface area contributed by atoms with Crippen LogP contribution in [0.2, 0.25) is 0 Å². The maximum atomic E-state index is 12.9. The maximum absolute atomic E-state index is 12.9. The van der Waals surface area contributed by atoms with Crippen LogP contribution in [0.4, 0.5) is 0 Å². The average Bonchev–Trinajstić information content (AvgIpc) is 3.16. The zero-order chi connectivity index (χ0) is 19.7. The molecule has 3 aliphatic rings. The number of benzene rings is 1. The summed E-state index contributed by atoms with van der Waals surface area (Å²) in [5.41, 5.74) is 8.47. The lowest BCUT2D eigenvalue weighted by Crippen LogP contribution is -2.42. The van der Waals surface area contributed by atoms with Crippen molar-refractivity contribution in [1.29, 1.82) is 0 Å². The number of likely N-dealkylation sites (tertiary alicyclic amines) is 1. The number of nitrogens with two attached hydrogens (primary N) is 1. The topological polar surface area (TPSA) is 99.2 Å². The quantitative estimate of drug-likeness (QED) is 0.596. The van der Waals surface area contributed by atoms with Gasteiger partial charge in [-0.15, -0.1) is 0 Å². The van der Waals surface area contributed by atoms with Crippen molar-refractivity contribution in [1.82, 2.24) is 4.90 Å². The Morgan fingerprint density at radius 3 is 2.79 bits per heavy atom. The van der Waals surface area contributed by atoms with Crippen molar-refractivity contribution in [2.24, 2.45) is 16.6 Å². The number of hydrogen-bond donors (Lipinski definition) is 3. The third-order valence-electron chi connectivity index (χ3n) is 5.73. The van der Waals surface area contributed by atoms with Crippen LogP contribution in [-0.4, -0.2) is 47.1 Å². The third-order valence-corrected chi connectivity index (χ3v) is 5.73. The smallest absolute Gasteiger partial charge is 0.423 e. The van der Waals surface area contributed by atoms with Crippen molar-refractivity contribution in [3.63, 3.8) is 0 Å². The van der Waals surface area contributed by atoms with Crippen LogP contribution in [-0.2, 0) is 4.79 Å². The predicted molar refractivity (Wildman–Crippen MR) is 109 cm³/mol. The number of rotatable bonds is 3. The van der Waals surface area contributed by atoms with E-state index in [0.717, 1.165) is 30.1 Å². The van der Waals surface area contributed by atoms with Gasteiger partial charge >= 0.3 is 7.12 Å². The van der Waals surface area contributed by atoms with E-state index in [-0.39, 0.29) is 5.91 Å². The molecule has 1 unspecified atom stereocenters. The van der Waals surface area contributed by atoms with Gasteiger partial charge in [0.1, 0.15) is 6.04 Å². The molecule has 0 saturated carbocycles. The van der Waals surface area contributed by atoms with Gasteiger partial charge in [0.15, 0.2) is 0 Å². The first kappa shape index (κ1) is 18.7. The Bertz CT molecular complexity index is 989. The van der Waals surface area contributed by atoms with Gasteiger partial charge in [-0.05, 0) is 65.4 Å². The van der Waals surface area contributed by atoms with Crippen molar-refractivity contribution in [2.75, 3.05) is 13.1 Å². The highest BCUT2D eigenvalue weighted by atomic mass is 16.4. The molecule has 1 atom stereocenters. The molecule has 1 amide bonds. The molecule has 144 valence electrons. The molecule has 4 N–H and O–H groups in total. The van der Waals surface area contributed by atoms with Crippen molar-refractivity contribution in [3.05, 3.63) is 64.3 Å². The highest BCUT2D eigenvalue weighted by Crippen LogP contribution is 2.29. The molecule has 1 aromatic carbocycles. The van der Waals surface area contributed by atoms with Crippen LogP contribution >= 0.6 is 0 Å². The van der Waals surface area contributed by atoms with E-state index in [1.165, 1.54) is 5.57 Å². The molecule has 0 aromatic heterocycles. The lowest BCUT2D eigenvalue weighted by molar-refractivity contribution is -0.132. The molecule has 0 bridgehead atoms. The number of carbonyl (C=O) groups is 1. The summed E-state index contributed by atoms with van der Waals surface area (Å²) < 4.78 is 0. The Morgan fingerprint density at radius 1 is 1.29 bits per heavy atom. The van der Waals surface area contributed by atoms with Crippen molar-refractivity contribution < 1.29 is 14.8 Å². The van der Waals surface area contributed by atoms with Gasteiger partial charge in [-0.3, -0.25) is 9.79 Å². The second-order valence-electron chi connectivity index (χ2n) is 7.52. The molecule has 7 heteroatoms. The van der Waals surface area contributed by atoms with Gasteiger partial charge < -0.3 is 20.7 Å². The van der Waals surface area contributed by atoms with Crippen molar-refractivity contribution >= 4 is 24.6 Å². The zero-order valence-electron chi connectivity index (χ0n) is 15.7. The van der Waals surface area contributed by atoms with Crippen LogP contribution in [0.25, 0.3) is 6.08 Å². The fourth-order valence-electron chi connectivity index (χ4n) is 4.10. The molecule has 4 rings (SSSR count). The van der Waals surface area contributed by atoms with Gasteiger partial charge in [0.05, 0.1) is 5.36 Å². The van der Waals surface area contributed by atoms with Gasteiger partial charge in [0.25, 0.3) is 5.91 Å². The summed E-state index contributed by atoms with van der Waals surface area (Å²) in [5, 5.41) is 20.1. The largest absolute Gasteiger partial charge is 0.488 e. The summed E-state index contributed by atoms with van der Waals surface area (Å²) in [4.78, 5) is 19.3. The molecule has 28 heavy (non-hydrogen) atoms. The minimum atomic E-state index is -1.54. The first-order valence-electron chi connectivity index (χ1n) is 9.68. The van der Waals surface area contributed by atoms with E-state index in [0.29, 0.717) is 29.8 Å². The first-order valence-corrected chi connectivity index (χ1v) is 9.68. The van der Waals surface area contributed by atoms with Crippen molar-refractivity contribution in [2.45, 2.75) is 25.3 Å². The van der Waals surface area contributed by atoms with E-state index in [9.17, 15) is 14.8 Å². The van der Waals surface area contributed by atoms with Crippen molar-refractivity contribution in [3.8, 4) is 0 Å². The minimum absolute atomic E-state index is 0.0106. The van der Waals surface area contributed by atoms with Gasteiger partial charge in [-0.2, -0.15) is 0 Å². The van der Waals surface area contributed by atoms with Gasteiger partial charge in [0.2, 0.25) is 0 Å². The Hall–Kier alpha value is -2.64. The van der Waals surface area contributed by atoms with E-state index < -0.39 is 13.2 Å². The molecular formula is C21H24BN3O3. The SMILES string of the molecule is N/C=C1/C=C(C2CCN(C(=O)C3C=c4ccc(B(O)O)cc4=N3)CC2)C=CC1. The zero-order valence-corrected chi connectivity index (χ0v) is 15.7. The van der Waals surface area contributed by atoms with E-state index in [1.54, 1.807) is 24.4 Å². The lowest BCUT2D eigenvalue weighted by Gasteiger charge is -2.34. The Kier molecular flexibility index (Phi) is 5.20. The molecule has 1 fully saturated rings. The normalized spacial score (nSPS) is 23.1. The molecule has 1 saturated heterocycles. The van der Waals surface area contributed by atoms with Gasteiger partial charge in [-0.25, -0.2) is 0 Å². The molecule has 6 nitrogen and oxygen atoms in total. The second-order valence-corrected chi connectivity index (χ2v) is 7.52. The molecule has 2 heterocycles. The van der Waals surface area contributed by atoms with Crippen LogP contribution in [0.15, 0.2) is 58.8 Å². The Balaban J connectivity index is 1.42. The summed E-state index contributed by atoms with van der Waals surface area (Å²) in [6.07, 6.45) is 12.8. The number of piperidine rings is 1. The first-order chi connectivity index (χ1) is 13.5. The van der Waals surface area contributed by atoms with Gasteiger partial charge in [0, 0.05) is 13.1 Å². The number of hydrogen-bond acceptors (Lipinski definition) is 5. The number of allylic oxidation sites excluding steroid dienone is 5. The molecule has 1 aliphatic carbocycles. The molecule has 0 spiro atoms. The number of fused-ring (bicyclic) bond motifs is 1. The van der Waals surface area contributed by atoms with E-state index in [2.05, 4.69) is 23.2 Å². The van der Waals surface area contributed by atoms with Crippen LogP contribution in [0, 0.1) is 5.92 Å². The summed E-state index contributed by atoms with van der Waals surface area (Å²) in [7, 11) is -1.54. The third kappa shape index (κ3) is 3.68. The summed E-state index contributed by atoms with van der Waals surface area (Å²) in [6.45, 7) is 1.43. The lowest BCUT2D eigenvalue weighted by atomic mass is 9.80. The summed E-state index contributed by atoms with van der Waals surface area (Å²) in [6, 6.07) is 4.51. The second kappa shape index (κ2) is 7.77. The summed E-state index contributed by atoms with van der Waals surface area (Å²) >= 11 is 0. The van der Waals surface area contributed by atoms with Crippen LogP contribution < -0.4 is 21.8 Å². The fraction of sp³-hybridized carbons (Fsp3) is 0.333. The highest BCUT2D eigenvalue weighted by Gasteiger charge is 2.29. The van der Waals surface area contributed by atoms with Crippen LogP contribution in [0.1, 0.15) is 19.3 Å². The standard InChI is InChI=1S/C21H24BN3O3/c23-13-14-2-1-3-16(10-14)15-6-8-25(9-7-15)21(26)20-11-17-4-5-18(22(27)28)12-19(17)24-20/h1,3-5,10-13,15,20,27-28H,2,6-9,23H2/b14-13+. The van der Waals surface area contributed by atoms with E-state index in [1.807, 2.05) is 11.0 Å². The molecular weight excluding hydrogens is 353 g/mol. The highest BCUT2D eigenvalue weighted by molar-refractivity contribution is 6.58. The van der Waals surface area contributed by atoms with Gasteiger partial charge in [-0.1, -0.05) is 30.4 Å². The maximum Gasteiger partial charge on any atom is 0.488 e. The number of amides is 1. The molecule has 2 aliphatic heterocycles. The Morgan fingerprint density at radius 2 is 2.07 bits per heavy atom. The summed E-state index contributed by atoms with van der Waals surface area (Å²) in [5.74, 6) is 0.460. The van der Waals surface area contributed by atoms with E-state index >= 15 is 0 Å². The number of carbonyl (C=O) groups excluding carboxylic acids is 1. The van der Waals surface area contributed by atoms with E-state index in [4.69, 9.17) is 5.73 Å². The van der Waals surface area contributed by atoms with Crippen LogP contribution in [0.3, 0.4) is 0 Å². The predicted octanol–water partition coefficient (Wildman–Crippen LogP) is -0.884. The average molecular weight is 377 g/mol.